The number of esters is 1. The van der Waals surface area contributed by atoms with Gasteiger partial charge in [0.25, 0.3) is 0 Å². The quantitative estimate of drug-likeness (QED) is 0.335. The standard InChI is InChI=1S/C27H37NO6/c1-17(2)11-12-20-26(3,34-20)24-23(31-4)19(13-14-27(24)16-33-27)15-21(29)28-22(25(30)32-5)18-9-7-6-8-10-18/h6-11,19-20,22-24H,12-16H2,1-5H3,(H,28,29)/t19-,20+,22+,23+,24+,26-,27-/m0/s1. The van der Waals surface area contributed by atoms with Gasteiger partial charge in [-0.2, -0.15) is 0 Å². The summed E-state index contributed by atoms with van der Waals surface area (Å²) in [5.74, 6) is -0.627. The van der Waals surface area contributed by atoms with Crippen LogP contribution in [0, 0.1) is 11.8 Å². The second-order valence-electron chi connectivity index (χ2n) is 10.3. The Balaban J connectivity index is 1.47. The van der Waals surface area contributed by atoms with Gasteiger partial charge in [0.1, 0.15) is 5.60 Å². The molecule has 1 amide bonds. The van der Waals surface area contributed by atoms with Crippen LogP contribution < -0.4 is 5.32 Å². The Bertz CT molecular complexity index is 922. The maximum absolute atomic E-state index is 13.1. The molecule has 7 nitrogen and oxygen atoms in total. The van der Waals surface area contributed by atoms with Gasteiger partial charge in [0.05, 0.1) is 31.5 Å². The molecule has 1 aromatic carbocycles. The lowest BCUT2D eigenvalue weighted by atomic mass is 9.64. The Kier molecular flexibility index (Phi) is 7.17. The number of ether oxygens (including phenoxy) is 4. The van der Waals surface area contributed by atoms with Gasteiger partial charge in [0.2, 0.25) is 5.91 Å². The Labute approximate surface area is 202 Å². The fourth-order valence-electron chi connectivity index (χ4n) is 5.80. The predicted molar refractivity (Wildman–Crippen MR) is 127 cm³/mol. The van der Waals surface area contributed by atoms with E-state index in [4.69, 9.17) is 18.9 Å². The molecule has 2 saturated heterocycles. The molecule has 186 valence electrons. The van der Waals surface area contributed by atoms with Crippen molar-refractivity contribution in [2.45, 2.75) is 75.9 Å². The number of hydrogen-bond donors (Lipinski definition) is 1. The van der Waals surface area contributed by atoms with Crippen LogP contribution >= 0.6 is 0 Å². The summed E-state index contributed by atoms with van der Waals surface area (Å²) >= 11 is 0. The number of benzene rings is 1. The van der Waals surface area contributed by atoms with Gasteiger partial charge in [-0.3, -0.25) is 4.79 Å². The summed E-state index contributed by atoms with van der Waals surface area (Å²) in [5, 5.41) is 2.88. The van der Waals surface area contributed by atoms with Crippen molar-refractivity contribution in [3.63, 3.8) is 0 Å². The Morgan fingerprint density at radius 3 is 2.53 bits per heavy atom. The molecule has 7 atom stereocenters. The molecule has 0 unspecified atom stereocenters. The molecule has 3 aliphatic rings. The van der Waals surface area contributed by atoms with Crippen LogP contribution in [0.25, 0.3) is 0 Å². The number of carbonyl (C=O) groups is 2. The molecule has 7 heteroatoms. The third kappa shape index (κ3) is 4.92. The van der Waals surface area contributed by atoms with E-state index >= 15 is 0 Å². The molecule has 1 aromatic rings. The number of epoxide rings is 2. The fourth-order valence-corrected chi connectivity index (χ4v) is 5.80. The second-order valence-corrected chi connectivity index (χ2v) is 10.3. The number of nitrogens with one attached hydrogen (secondary N) is 1. The molecule has 2 heterocycles. The Morgan fingerprint density at radius 2 is 1.94 bits per heavy atom. The maximum atomic E-state index is 13.1. The van der Waals surface area contributed by atoms with Crippen molar-refractivity contribution in [3.8, 4) is 0 Å². The predicted octanol–water partition coefficient (Wildman–Crippen LogP) is 3.73. The topological polar surface area (TPSA) is 89.7 Å². The number of hydrogen-bond acceptors (Lipinski definition) is 6. The van der Waals surface area contributed by atoms with E-state index in [-0.39, 0.29) is 47.6 Å². The third-order valence-electron chi connectivity index (χ3n) is 7.74. The minimum Gasteiger partial charge on any atom is -0.467 e. The van der Waals surface area contributed by atoms with Gasteiger partial charge in [0, 0.05) is 19.4 Å². The van der Waals surface area contributed by atoms with E-state index in [2.05, 4.69) is 32.2 Å². The lowest BCUT2D eigenvalue weighted by Gasteiger charge is -2.43. The summed E-state index contributed by atoms with van der Waals surface area (Å²) in [6.07, 6.45) is 5.00. The van der Waals surface area contributed by atoms with E-state index < -0.39 is 12.0 Å². The normalized spacial score (nSPS) is 34.7. The lowest BCUT2D eigenvalue weighted by molar-refractivity contribution is -0.146. The van der Waals surface area contributed by atoms with Crippen molar-refractivity contribution in [2.24, 2.45) is 11.8 Å². The molecule has 4 rings (SSSR count). The van der Waals surface area contributed by atoms with Crippen LogP contribution in [-0.2, 0) is 28.5 Å². The molecule has 2 aliphatic heterocycles. The van der Waals surface area contributed by atoms with Crippen molar-refractivity contribution in [1.29, 1.82) is 0 Å². The highest BCUT2D eigenvalue weighted by molar-refractivity contribution is 5.85. The summed E-state index contributed by atoms with van der Waals surface area (Å²) in [6, 6.07) is 8.31. The van der Waals surface area contributed by atoms with Crippen molar-refractivity contribution < 1.29 is 28.5 Å². The minimum atomic E-state index is -0.838. The number of amides is 1. The first-order valence-corrected chi connectivity index (χ1v) is 12.1. The average molecular weight is 472 g/mol. The minimum absolute atomic E-state index is 0.00373. The Morgan fingerprint density at radius 1 is 1.24 bits per heavy atom. The van der Waals surface area contributed by atoms with E-state index in [1.807, 2.05) is 30.3 Å². The summed E-state index contributed by atoms with van der Waals surface area (Å²) in [7, 11) is 3.04. The summed E-state index contributed by atoms with van der Waals surface area (Å²) < 4.78 is 23.2. The van der Waals surface area contributed by atoms with E-state index in [1.54, 1.807) is 7.11 Å². The van der Waals surface area contributed by atoms with Gasteiger partial charge in [-0.15, -0.1) is 0 Å². The number of methoxy groups -OCH3 is 2. The van der Waals surface area contributed by atoms with Crippen LogP contribution in [-0.4, -0.2) is 56.1 Å². The van der Waals surface area contributed by atoms with Crippen LogP contribution in [0.2, 0.25) is 0 Å². The van der Waals surface area contributed by atoms with Crippen molar-refractivity contribution in [3.05, 3.63) is 47.5 Å². The zero-order chi connectivity index (χ0) is 24.5. The van der Waals surface area contributed by atoms with Crippen LogP contribution in [0.15, 0.2) is 42.0 Å². The highest BCUT2D eigenvalue weighted by Crippen LogP contribution is 2.60. The Hall–Kier alpha value is -2.22. The first kappa shape index (κ1) is 24.9. The van der Waals surface area contributed by atoms with E-state index in [9.17, 15) is 9.59 Å². The van der Waals surface area contributed by atoms with Crippen molar-refractivity contribution in [2.75, 3.05) is 20.8 Å². The summed E-state index contributed by atoms with van der Waals surface area (Å²) in [5.41, 5.74) is 1.41. The average Bonchev–Trinajstić information content (AvgIpc) is 3.74. The van der Waals surface area contributed by atoms with Crippen LogP contribution in [0.1, 0.15) is 58.1 Å². The molecular weight excluding hydrogens is 434 g/mol. The molecule has 3 fully saturated rings. The number of allylic oxidation sites excluding steroid dienone is 1. The van der Waals surface area contributed by atoms with Gasteiger partial charge in [-0.1, -0.05) is 42.0 Å². The zero-order valence-corrected chi connectivity index (χ0v) is 20.8. The first-order valence-electron chi connectivity index (χ1n) is 12.1. The van der Waals surface area contributed by atoms with Gasteiger partial charge in [-0.25, -0.2) is 4.79 Å². The summed E-state index contributed by atoms with van der Waals surface area (Å²) in [6.45, 7) is 7.05. The molecule has 0 radical (unpaired) electrons. The summed E-state index contributed by atoms with van der Waals surface area (Å²) in [4.78, 5) is 25.5. The largest absolute Gasteiger partial charge is 0.467 e. The fraction of sp³-hybridized carbons (Fsp3) is 0.630. The first-order chi connectivity index (χ1) is 16.2. The van der Waals surface area contributed by atoms with Gasteiger partial charge in [0.15, 0.2) is 6.04 Å². The number of carbonyl (C=O) groups excluding carboxylic acids is 2. The molecule has 0 bridgehead atoms. The smallest absolute Gasteiger partial charge is 0.333 e. The van der Waals surface area contributed by atoms with Gasteiger partial charge >= 0.3 is 5.97 Å². The number of rotatable bonds is 9. The molecule has 1 saturated carbocycles. The molecule has 1 N–H and O–H groups in total. The van der Waals surface area contributed by atoms with Crippen LogP contribution in [0.5, 0.6) is 0 Å². The van der Waals surface area contributed by atoms with Crippen LogP contribution in [0.3, 0.4) is 0 Å². The lowest BCUT2D eigenvalue weighted by Crippen LogP contribution is -2.53. The van der Waals surface area contributed by atoms with E-state index in [1.165, 1.54) is 12.7 Å². The van der Waals surface area contributed by atoms with E-state index in [0.717, 1.165) is 19.3 Å². The molecule has 1 aliphatic carbocycles. The maximum Gasteiger partial charge on any atom is 0.333 e. The highest BCUT2D eigenvalue weighted by atomic mass is 16.6. The zero-order valence-electron chi connectivity index (χ0n) is 20.8. The molecule has 34 heavy (non-hydrogen) atoms. The monoisotopic (exact) mass is 471 g/mol. The molecular formula is C27H37NO6. The van der Waals surface area contributed by atoms with Crippen molar-refractivity contribution >= 4 is 11.9 Å². The SMILES string of the molecule is COC(=O)[C@H](NC(=O)C[C@@H]1CC[C@]2(CO2)[C@@H]([C@@]2(C)O[C@@H]2CC=C(C)C)[C@@H]1OC)c1ccccc1. The van der Waals surface area contributed by atoms with E-state index in [0.29, 0.717) is 12.2 Å². The molecule has 1 spiro atoms. The third-order valence-corrected chi connectivity index (χ3v) is 7.74. The highest BCUT2D eigenvalue weighted by Gasteiger charge is 2.71. The molecule has 0 aromatic heterocycles. The van der Waals surface area contributed by atoms with Gasteiger partial charge < -0.3 is 24.3 Å². The van der Waals surface area contributed by atoms with Gasteiger partial charge in [-0.05, 0) is 51.5 Å². The van der Waals surface area contributed by atoms with Crippen molar-refractivity contribution in [1.82, 2.24) is 5.32 Å². The second kappa shape index (κ2) is 9.80. The van der Waals surface area contributed by atoms with Crippen LogP contribution in [0.4, 0.5) is 0 Å².